The van der Waals surface area contributed by atoms with E-state index in [0.717, 1.165) is 52.0 Å². The van der Waals surface area contributed by atoms with Crippen molar-refractivity contribution in [2.45, 2.75) is 31.3 Å². The maximum atomic E-state index is 11.2. The van der Waals surface area contributed by atoms with Crippen LogP contribution >= 0.6 is 0 Å². The summed E-state index contributed by atoms with van der Waals surface area (Å²) in [5, 5.41) is 12.3. The van der Waals surface area contributed by atoms with Gasteiger partial charge in [-0.05, 0) is 37.9 Å². The van der Waals surface area contributed by atoms with Gasteiger partial charge in [-0.2, -0.15) is 0 Å². The molecule has 5 heteroatoms. The van der Waals surface area contributed by atoms with E-state index >= 15 is 0 Å². The standard InChI is InChI=1S/C18H27N3O2/c22-18(23)17-14-21(13-9-19-17)16-7-11-20(12-8-16)10-6-15-4-2-1-3-5-15/h1-5,16-17,19H,6-14H2,(H,22,23). The number of hydrogen-bond donors (Lipinski definition) is 2. The number of rotatable bonds is 5. The lowest BCUT2D eigenvalue weighted by Crippen LogP contribution is -2.58. The zero-order valence-corrected chi connectivity index (χ0v) is 13.7. The molecule has 2 aliphatic heterocycles. The molecule has 1 atom stereocenters. The number of carbonyl (C=O) groups is 1. The van der Waals surface area contributed by atoms with Crippen LogP contribution < -0.4 is 5.32 Å². The predicted molar refractivity (Wildman–Crippen MR) is 90.6 cm³/mol. The molecule has 1 aromatic rings. The predicted octanol–water partition coefficient (Wildman–Crippen LogP) is 1.05. The highest BCUT2D eigenvalue weighted by atomic mass is 16.4. The van der Waals surface area contributed by atoms with Crippen LogP contribution in [-0.2, 0) is 11.2 Å². The number of carboxylic acid groups (broad SMARTS) is 1. The van der Waals surface area contributed by atoms with Gasteiger partial charge in [0.1, 0.15) is 6.04 Å². The molecule has 2 heterocycles. The van der Waals surface area contributed by atoms with Crippen molar-refractivity contribution in [2.24, 2.45) is 0 Å². The summed E-state index contributed by atoms with van der Waals surface area (Å²) in [7, 11) is 0. The van der Waals surface area contributed by atoms with E-state index in [4.69, 9.17) is 0 Å². The molecule has 0 spiro atoms. The summed E-state index contributed by atoms with van der Waals surface area (Å²) in [6, 6.07) is 10.8. The third-order valence-corrected chi connectivity index (χ3v) is 5.14. The Bertz CT molecular complexity index is 500. The molecular formula is C18H27N3O2. The fourth-order valence-corrected chi connectivity index (χ4v) is 3.71. The Kier molecular flexibility index (Phi) is 5.65. The SMILES string of the molecule is O=C(O)C1CN(C2CCN(CCc3ccccc3)CC2)CCN1. The van der Waals surface area contributed by atoms with Crippen molar-refractivity contribution in [1.29, 1.82) is 0 Å². The van der Waals surface area contributed by atoms with Gasteiger partial charge in [-0.25, -0.2) is 0 Å². The molecule has 2 fully saturated rings. The highest BCUT2D eigenvalue weighted by Crippen LogP contribution is 2.18. The zero-order valence-electron chi connectivity index (χ0n) is 13.7. The second-order valence-corrected chi connectivity index (χ2v) is 6.65. The molecule has 126 valence electrons. The zero-order chi connectivity index (χ0) is 16.1. The minimum Gasteiger partial charge on any atom is -0.480 e. The molecule has 0 bridgehead atoms. The summed E-state index contributed by atoms with van der Waals surface area (Å²) in [6.07, 6.45) is 3.42. The van der Waals surface area contributed by atoms with E-state index in [0.29, 0.717) is 12.6 Å². The Labute approximate surface area is 138 Å². The van der Waals surface area contributed by atoms with Crippen molar-refractivity contribution in [3.8, 4) is 0 Å². The lowest BCUT2D eigenvalue weighted by Gasteiger charge is -2.41. The van der Waals surface area contributed by atoms with Crippen LogP contribution in [0.1, 0.15) is 18.4 Å². The number of aliphatic carboxylic acids is 1. The molecule has 5 nitrogen and oxygen atoms in total. The van der Waals surface area contributed by atoms with Crippen LogP contribution in [0.2, 0.25) is 0 Å². The van der Waals surface area contributed by atoms with Crippen molar-refractivity contribution < 1.29 is 9.90 Å². The highest BCUT2D eigenvalue weighted by molar-refractivity contribution is 5.73. The number of hydrogen-bond acceptors (Lipinski definition) is 4. The van der Waals surface area contributed by atoms with E-state index in [2.05, 4.69) is 45.4 Å². The molecular weight excluding hydrogens is 290 g/mol. The van der Waals surface area contributed by atoms with Crippen molar-refractivity contribution in [3.63, 3.8) is 0 Å². The monoisotopic (exact) mass is 317 g/mol. The van der Waals surface area contributed by atoms with E-state index in [-0.39, 0.29) is 0 Å². The number of likely N-dealkylation sites (tertiary alicyclic amines) is 1. The molecule has 0 radical (unpaired) electrons. The Balaban J connectivity index is 1.42. The van der Waals surface area contributed by atoms with Crippen LogP contribution in [0, 0.1) is 0 Å². The van der Waals surface area contributed by atoms with E-state index < -0.39 is 12.0 Å². The van der Waals surface area contributed by atoms with Crippen LogP contribution in [0.4, 0.5) is 0 Å². The number of piperidine rings is 1. The summed E-state index contributed by atoms with van der Waals surface area (Å²) in [4.78, 5) is 16.1. The lowest BCUT2D eigenvalue weighted by atomic mass is 10.0. The molecule has 0 aliphatic carbocycles. The summed E-state index contributed by atoms with van der Waals surface area (Å²) < 4.78 is 0. The summed E-state index contributed by atoms with van der Waals surface area (Å²) in [5.74, 6) is -0.727. The summed E-state index contributed by atoms with van der Waals surface area (Å²) in [6.45, 7) is 5.77. The molecule has 2 saturated heterocycles. The molecule has 0 saturated carbocycles. The summed E-state index contributed by atoms with van der Waals surface area (Å²) >= 11 is 0. The minimum atomic E-state index is -0.727. The highest BCUT2D eigenvalue weighted by Gasteiger charge is 2.31. The molecule has 23 heavy (non-hydrogen) atoms. The Morgan fingerprint density at radius 2 is 1.91 bits per heavy atom. The van der Waals surface area contributed by atoms with Gasteiger partial charge in [0.25, 0.3) is 0 Å². The van der Waals surface area contributed by atoms with Gasteiger partial charge in [0.05, 0.1) is 0 Å². The normalized spacial score (nSPS) is 24.6. The smallest absolute Gasteiger partial charge is 0.322 e. The average Bonchev–Trinajstić information content (AvgIpc) is 2.61. The number of piperazine rings is 1. The fourth-order valence-electron chi connectivity index (χ4n) is 3.71. The van der Waals surface area contributed by atoms with Gasteiger partial charge in [-0.1, -0.05) is 30.3 Å². The van der Waals surface area contributed by atoms with Gasteiger partial charge in [-0.3, -0.25) is 9.69 Å². The Morgan fingerprint density at radius 3 is 2.61 bits per heavy atom. The van der Waals surface area contributed by atoms with Crippen molar-refractivity contribution in [2.75, 3.05) is 39.3 Å². The quantitative estimate of drug-likeness (QED) is 0.850. The molecule has 1 unspecified atom stereocenters. The molecule has 0 aromatic heterocycles. The molecule has 2 N–H and O–H groups in total. The number of carboxylic acids is 1. The van der Waals surface area contributed by atoms with Gasteiger partial charge < -0.3 is 15.3 Å². The largest absolute Gasteiger partial charge is 0.480 e. The van der Waals surface area contributed by atoms with E-state index in [1.165, 1.54) is 5.56 Å². The van der Waals surface area contributed by atoms with Crippen molar-refractivity contribution >= 4 is 5.97 Å². The van der Waals surface area contributed by atoms with Gasteiger partial charge in [0.15, 0.2) is 0 Å². The minimum absolute atomic E-state index is 0.403. The second-order valence-electron chi connectivity index (χ2n) is 6.65. The van der Waals surface area contributed by atoms with Gasteiger partial charge in [-0.15, -0.1) is 0 Å². The van der Waals surface area contributed by atoms with E-state index in [1.54, 1.807) is 0 Å². The lowest BCUT2D eigenvalue weighted by molar-refractivity contribution is -0.141. The Morgan fingerprint density at radius 1 is 1.17 bits per heavy atom. The van der Waals surface area contributed by atoms with Gasteiger partial charge in [0.2, 0.25) is 0 Å². The fraction of sp³-hybridized carbons (Fsp3) is 0.611. The second kappa shape index (κ2) is 7.90. The third-order valence-electron chi connectivity index (χ3n) is 5.14. The first kappa shape index (κ1) is 16.4. The number of nitrogens with one attached hydrogen (secondary N) is 1. The molecule has 0 amide bonds. The maximum Gasteiger partial charge on any atom is 0.322 e. The third kappa shape index (κ3) is 4.53. The van der Waals surface area contributed by atoms with Crippen LogP contribution in [0.15, 0.2) is 30.3 Å². The van der Waals surface area contributed by atoms with Crippen LogP contribution in [-0.4, -0.2) is 72.2 Å². The Hall–Kier alpha value is -1.43. The maximum absolute atomic E-state index is 11.2. The van der Waals surface area contributed by atoms with Crippen molar-refractivity contribution in [3.05, 3.63) is 35.9 Å². The van der Waals surface area contributed by atoms with Crippen LogP contribution in [0.3, 0.4) is 0 Å². The molecule has 1 aromatic carbocycles. The van der Waals surface area contributed by atoms with Crippen LogP contribution in [0.5, 0.6) is 0 Å². The van der Waals surface area contributed by atoms with Gasteiger partial charge in [0, 0.05) is 32.2 Å². The molecule has 2 aliphatic rings. The summed E-state index contributed by atoms with van der Waals surface area (Å²) in [5.41, 5.74) is 1.40. The number of nitrogens with zero attached hydrogens (tertiary/aromatic N) is 2. The van der Waals surface area contributed by atoms with Crippen molar-refractivity contribution in [1.82, 2.24) is 15.1 Å². The first-order valence-electron chi connectivity index (χ1n) is 8.69. The topological polar surface area (TPSA) is 55.8 Å². The van der Waals surface area contributed by atoms with E-state index in [9.17, 15) is 9.90 Å². The molecule has 3 rings (SSSR count). The average molecular weight is 317 g/mol. The first-order chi connectivity index (χ1) is 11.2. The first-order valence-corrected chi connectivity index (χ1v) is 8.69. The van der Waals surface area contributed by atoms with Gasteiger partial charge >= 0.3 is 5.97 Å². The number of benzene rings is 1. The van der Waals surface area contributed by atoms with E-state index in [1.807, 2.05) is 0 Å². The van der Waals surface area contributed by atoms with Crippen LogP contribution in [0.25, 0.3) is 0 Å².